The lowest BCUT2D eigenvalue weighted by Gasteiger charge is -2.33. The van der Waals surface area contributed by atoms with Crippen LogP contribution < -0.4 is 0 Å². The number of amidine groups is 1. The Labute approximate surface area is 152 Å². The zero-order valence-electron chi connectivity index (χ0n) is 14.9. The first-order valence-corrected chi connectivity index (χ1v) is 9.38. The number of benzene rings is 1. The molecule has 1 saturated heterocycles. The van der Waals surface area contributed by atoms with Crippen LogP contribution in [0.25, 0.3) is 0 Å². The molecule has 0 saturated carbocycles. The SMILES string of the molecule is CCOC(=O)C1=C(C)N=C2SC(CC)C(=O)N2C1c1ccc(C)cc1. The summed E-state index contributed by atoms with van der Waals surface area (Å²) in [5.74, 6) is -0.405. The Bertz CT molecular complexity index is 767. The fourth-order valence-electron chi connectivity index (χ4n) is 3.12. The third-order valence-electron chi connectivity index (χ3n) is 4.41. The number of fused-ring (bicyclic) bond motifs is 1. The van der Waals surface area contributed by atoms with Gasteiger partial charge in [0.25, 0.3) is 0 Å². The van der Waals surface area contributed by atoms with E-state index in [1.165, 1.54) is 11.8 Å². The summed E-state index contributed by atoms with van der Waals surface area (Å²) < 4.78 is 5.25. The van der Waals surface area contributed by atoms with E-state index in [4.69, 9.17) is 4.74 Å². The average molecular weight is 358 g/mol. The number of allylic oxidation sites excluding steroid dienone is 1. The third-order valence-corrected chi connectivity index (χ3v) is 5.73. The standard InChI is InChI=1S/C19H22N2O3S/c1-5-14-17(22)21-16(13-9-7-11(3)8-10-13)15(18(23)24-6-2)12(4)20-19(21)25-14/h7-10,14,16H,5-6H2,1-4H3. The van der Waals surface area contributed by atoms with E-state index in [2.05, 4.69) is 4.99 Å². The largest absolute Gasteiger partial charge is 0.463 e. The molecule has 2 aliphatic heterocycles. The highest BCUT2D eigenvalue weighted by Gasteiger charge is 2.47. The Kier molecular flexibility index (Phi) is 4.99. The summed E-state index contributed by atoms with van der Waals surface area (Å²) in [5, 5.41) is 0.522. The van der Waals surface area contributed by atoms with E-state index >= 15 is 0 Å². The number of carbonyl (C=O) groups is 2. The second kappa shape index (κ2) is 7.04. The molecule has 0 spiro atoms. The van der Waals surface area contributed by atoms with E-state index in [1.54, 1.807) is 11.8 Å². The van der Waals surface area contributed by atoms with Crippen LogP contribution in [-0.4, -0.2) is 33.8 Å². The predicted octanol–water partition coefficient (Wildman–Crippen LogP) is 3.60. The molecule has 0 aliphatic carbocycles. The quantitative estimate of drug-likeness (QED) is 0.772. The molecule has 1 amide bonds. The van der Waals surface area contributed by atoms with Gasteiger partial charge in [0.2, 0.25) is 5.91 Å². The molecule has 0 bridgehead atoms. The van der Waals surface area contributed by atoms with Gasteiger partial charge in [0.15, 0.2) is 5.17 Å². The first kappa shape index (κ1) is 17.7. The Balaban J connectivity index is 2.13. The molecule has 3 rings (SSSR count). The van der Waals surface area contributed by atoms with E-state index in [9.17, 15) is 9.59 Å². The van der Waals surface area contributed by atoms with Crippen LogP contribution in [-0.2, 0) is 14.3 Å². The van der Waals surface area contributed by atoms with Gasteiger partial charge in [-0.1, -0.05) is 48.5 Å². The molecule has 2 heterocycles. The second-order valence-electron chi connectivity index (χ2n) is 6.15. The zero-order valence-corrected chi connectivity index (χ0v) is 15.7. The van der Waals surface area contributed by atoms with Crippen molar-refractivity contribution in [2.45, 2.75) is 45.4 Å². The van der Waals surface area contributed by atoms with Crippen LogP contribution in [0.15, 0.2) is 40.5 Å². The van der Waals surface area contributed by atoms with Crippen molar-refractivity contribution in [2.24, 2.45) is 4.99 Å². The summed E-state index contributed by atoms with van der Waals surface area (Å²) in [5.41, 5.74) is 3.08. The van der Waals surface area contributed by atoms with Crippen molar-refractivity contribution in [2.75, 3.05) is 6.61 Å². The summed E-state index contributed by atoms with van der Waals surface area (Å²) in [4.78, 5) is 31.7. The molecule has 132 valence electrons. The number of aliphatic imine (C=N–C) groups is 1. The fraction of sp³-hybridized carbons (Fsp3) is 0.421. The average Bonchev–Trinajstić information content (AvgIpc) is 2.90. The number of rotatable bonds is 4. The molecule has 6 heteroatoms. The van der Waals surface area contributed by atoms with Gasteiger partial charge in [-0.2, -0.15) is 0 Å². The van der Waals surface area contributed by atoms with Gasteiger partial charge in [-0.3, -0.25) is 9.69 Å². The summed E-state index contributed by atoms with van der Waals surface area (Å²) in [7, 11) is 0. The van der Waals surface area contributed by atoms with Gasteiger partial charge in [-0.25, -0.2) is 9.79 Å². The smallest absolute Gasteiger partial charge is 0.338 e. The van der Waals surface area contributed by atoms with Crippen molar-refractivity contribution >= 4 is 28.8 Å². The second-order valence-corrected chi connectivity index (χ2v) is 7.32. The van der Waals surface area contributed by atoms with E-state index in [-0.39, 0.29) is 17.8 Å². The van der Waals surface area contributed by atoms with Crippen LogP contribution in [0.2, 0.25) is 0 Å². The minimum Gasteiger partial charge on any atom is -0.463 e. The molecule has 0 aromatic heterocycles. The van der Waals surface area contributed by atoms with Crippen LogP contribution in [0, 0.1) is 6.92 Å². The molecule has 2 atom stereocenters. The highest BCUT2D eigenvalue weighted by atomic mass is 32.2. The van der Waals surface area contributed by atoms with E-state index in [0.29, 0.717) is 16.4 Å². The van der Waals surface area contributed by atoms with E-state index in [1.807, 2.05) is 45.0 Å². The molecule has 1 aromatic rings. The first-order chi connectivity index (χ1) is 12.0. The van der Waals surface area contributed by atoms with E-state index < -0.39 is 12.0 Å². The van der Waals surface area contributed by atoms with E-state index in [0.717, 1.165) is 17.5 Å². The number of nitrogens with zero attached hydrogens (tertiary/aromatic N) is 2. The summed E-state index contributed by atoms with van der Waals surface area (Å²) in [6.07, 6.45) is 0.730. The molecule has 25 heavy (non-hydrogen) atoms. The number of hydrogen-bond acceptors (Lipinski definition) is 5. The first-order valence-electron chi connectivity index (χ1n) is 8.50. The maximum Gasteiger partial charge on any atom is 0.338 e. The maximum absolute atomic E-state index is 12.9. The topological polar surface area (TPSA) is 59.0 Å². The number of ether oxygens (including phenoxy) is 1. The van der Waals surface area contributed by atoms with Crippen molar-refractivity contribution in [1.82, 2.24) is 4.90 Å². The summed E-state index contributed by atoms with van der Waals surface area (Å²) >= 11 is 1.48. The minimum absolute atomic E-state index is 0.00567. The maximum atomic E-state index is 12.9. The summed E-state index contributed by atoms with van der Waals surface area (Å²) in [6.45, 7) is 7.86. The van der Waals surface area contributed by atoms with Gasteiger partial charge < -0.3 is 4.74 Å². The molecule has 2 aliphatic rings. The van der Waals surface area contributed by atoms with Gasteiger partial charge >= 0.3 is 5.97 Å². The zero-order chi connectivity index (χ0) is 18.1. The highest BCUT2D eigenvalue weighted by Crippen LogP contribution is 2.43. The fourth-order valence-corrected chi connectivity index (χ4v) is 4.26. The summed E-state index contributed by atoms with van der Waals surface area (Å²) in [6, 6.07) is 7.43. The van der Waals surface area contributed by atoms with Gasteiger partial charge in [0.05, 0.1) is 29.2 Å². The number of carbonyl (C=O) groups excluding carboxylic acids is 2. The molecule has 0 N–H and O–H groups in total. The molecule has 1 aromatic carbocycles. The lowest BCUT2D eigenvalue weighted by atomic mass is 9.93. The molecular formula is C19H22N2O3S. The predicted molar refractivity (Wildman–Crippen MR) is 99.2 cm³/mol. The normalized spacial score (nSPS) is 22.8. The lowest BCUT2D eigenvalue weighted by molar-refractivity contribution is -0.139. The van der Waals surface area contributed by atoms with Crippen LogP contribution >= 0.6 is 11.8 Å². The van der Waals surface area contributed by atoms with Gasteiger partial charge in [-0.05, 0) is 32.8 Å². The van der Waals surface area contributed by atoms with Crippen LogP contribution in [0.5, 0.6) is 0 Å². The van der Waals surface area contributed by atoms with Gasteiger partial charge in [-0.15, -0.1) is 0 Å². The highest BCUT2D eigenvalue weighted by molar-refractivity contribution is 8.15. The molecule has 0 radical (unpaired) electrons. The monoisotopic (exact) mass is 358 g/mol. The minimum atomic E-state index is -0.483. The van der Waals surface area contributed by atoms with Crippen molar-refractivity contribution in [1.29, 1.82) is 0 Å². The van der Waals surface area contributed by atoms with Crippen molar-refractivity contribution < 1.29 is 14.3 Å². The molecule has 2 unspecified atom stereocenters. The Hall–Kier alpha value is -2.08. The number of hydrogen-bond donors (Lipinski definition) is 0. The number of amides is 1. The van der Waals surface area contributed by atoms with Crippen LogP contribution in [0.4, 0.5) is 0 Å². The van der Waals surface area contributed by atoms with Crippen molar-refractivity contribution in [3.8, 4) is 0 Å². The number of aryl methyl sites for hydroxylation is 1. The third kappa shape index (κ3) is 3.11. The van der Waals surface area contributed by atoms with Crippen molar-refractivity contribution in [3.05, 3.63) is 46.7 Å². The van der Waals surface area contributed by atoms with Crippen LogP contribution in [0.1, 0.15) is 44.4 Å². The lowest BCUT2D eigenvalue weighted by Crippen LogP contribution is -2.40. The van der Waals surface area contributed by atoms with Crippen molar-refractivity contribution in [3.63, 3.8) is 0 Å². The van der Waals surface area contributed by atoms with Crippen LogP contribution in [0.3, 0.4) is 0 Å². The molecule has 1 fully saturated rings. The Morgan fingerprint density at radius 1 is 1.24 bits per heavy atom. The van der Waals surface area contributed by atoms with Gasteiger partial charge in [0, 0.05) is 0 Å². The Morgan fingerprint density at radius 3 is 2.52 bits per heavy atom. The molecule has 5 nitrogen and oxygen atoms in total. The number of esters is 1. The van der Waals surface area contributed by atoms with Gasteiger partial charge in [0.1, 0.15) is 0 Å². The number of thioether (sulfide) groups is 1. The Morgan fingerprint density at radius 2 is 1.92 bits per heavy atom. The molecular weight excluding hydrogens is 336 g/mol.